The summed E-state index contributed by atoms with van der Waals surface area (Å²) in [5.74, 6) is 0. The second-order valence-corrected chi connectivity index (χ2v) is 13.8. The van der Waals surface area contributed by atoms with E-state index in [0.29, 0.717) is 0 Å². The molecule has 2 heterocycles. The van der Waals surface area contributed by atoms with Crippen LogP contribution in [0, 0.1) is 22.7 Å². The number of benzene rings is 2. The molecule has 0 fully saturated rings. The van der Waals surface area contributed by atoms with Gasteiger partial charge in [0.1, 0.15) is 17.7 Å². The molecule has 0 unspecified atom stereocenters. The van der Waals surface area contributed by atoms with Crippen molar-refractivity contribution < 1.29 is 0 Å². The SMILES string of the molecule is CSC1=C(SC)SC(=C2SC=C(/C=C/c3ccc4c(c3)C(=C(C#N)C#N)c3ccccc3-4)S2)S1. The molecule has 2 nitrogen and oxygen atoms in total. The number of hydrogen-bond donors (Lipinski definition) is 0. The minimum Gasteiger partial charge on any atom is -0.192 e. The van der Waals surface area contributed by atoms with Gasteiger partial charge in [-0.3, -0.25) is 0 Å². The highest BCUT2D eigenvalue weighted by Crippen LogP contribution is 2.61. The Morgan fingerprint density at radius 1 is 0.794 bits per heavy atom. The highest BCUT2D eigenvalue weighted by molar-refractivity contribution is 8.42. The zero-order valence-corrected chi connectivity index (χ0v) is 23.0. The highest BCUT2D eigenvalue weighted by atomic mass is 32.3. The van der Waals surface area contributed by atoms with Crippen molar-refractivity contribution in [1.29, 1.82) is 10.5 Å². The van der Waals surface area contributed by atoms with E-state index < -0.39 is 0 Å². The standard InChI is InChI=1S/C26H16N2S6/c1-29-23-24(30-2)34-26(33-23)25-31-14-17(32-25)9-7-15-8-10-19-18-5-3-4-6-20(18)22(21(19)11-15)16(12-27)13-28/h3-11,14H,1-2H3/b9-7+. The summed E-state index contributed by atoms with van der Waals surface area (Å²) in [5, 5.41) is 21.3. The van der Waals surface area contributed by atoms with Gasteiger partial charge in [0.05, 0.1) is 16.9 Å². The Labute approximate surface area is 225 Å². The summed E-state index contributed by atoms with van der Waals surface area (Å²) in [4.78, 5) is 1.21. The van der Waals surface area contributed by atoms with Crippen LogP contribution in [0.3, 0.4) is 0 Å². The predicted molar refractivity (Wildman–Crippen MR) is 158 cm³/mol. The molecule has 2 aromatic carbocycles. The zero-order valence-electron chi connectivity index (χ0n) is 18.1. The Morgan fingerprint density at radius 2 is 1.47 bits per heavy atom. The smallest absolute Gasteiger partial charge is 0.138 e. The largest absolute Gasteiger partial charge is 0.192 e. The third-order valence-corrected chi connectivity index (χ3v) is 13.4. The lowest BCUT2D eigenvalue weighted by Gasteiger charge is -2.04. The summed E-state index contributed by atoms with van der Waals surface area (Å²) in [6.45, 7) is 0. The molecule has 0 aromatic heterocycles. The Kier molecular flexibility index (Phi) is 7.36. The van der Waals surface area contributed by atoms with Crippen LogP contribution in [-0.4, -0.2) is 12.5 Å². The van der Waals surface area contributed by atoms with Gasteiger partial charge in [-0.1, -0.05) is 89.5 Å². The van der Waals surface area contributed by atoms with Gasteiger partial charge in [-0.05, 0) is 57.9 Å². The summed E-state index contributed by atoms with van der Waals surface area (Å²) < 4.78 is 5.49. The third-order valence-electron chi connectivity index (χ3n) is 5.28. The molecule has 8 heteroatoms. The van der Waals surface area contributed by atoms with E-state index in [0.717, 1.165) is 33.4 Å². The predicted octanol–water partition coefficient (Wildman–Crippen LogP) is 9.31. The molecule has 0 atom stereocenters. The van der Waals surface area contributed by atoms with Crippen molar-refractivity contribution in [1.82, 2.24) is 0 Å². The van der Waals surface area contributed by atoms with E-state index in [4.69, 9.17) is 0 Å². The molecule has 5 rings (SSSR count). The Hall–Kier alpha value is -1.78. The van der Waals surface area contributed by atoms with Gasteiger partial charge in [0.2, 0.25) is 0 Å². The first-order valence-corrected chi connectivity index (χ1v) is 15.9. The average Bonchev–Trinajstić information content (AvgIpc) is 3.59. The summed E-state index contributed by atoms with van der Waals surface area (Å²) in [5.41, 5.74) is 5.98. The summed E-state index contributed by atoms with van der Waals surface area (Å²) >= 11 is 11.0. The van der Waals surface area contributed by atoms with Crippen molar-refractivity contribution >= 4 is 82.2 Å². The lowest BCUT2D eigenvalue weighted by Crippen LogP contribution is -1.88. The zero-order chi connectivity index (χ0) is 23.7. The quantitative estimate of drug-likeness (QED) is 0.299. The van der Waals surface area contributed by atoms with E-state index in [1.54, 1.807) is 11.8 Å². The van der Waals surface area contributed by atoms with Crippen LogP contribution >= 0.6 is 70.6 Å². The topological polar surface area (TPSA) is 47.6 Å². The van der Waals surface area contributed by atoms with E-state index in [1.165, 1.54) is 21.9 Å². The van der Waals surface area contributed by atoms with Gasteiger partial charge in [0, 0.05) is 10.5 Å². The van der Waals surface area contributed by atoms with Gasteiger partial charge < -0.3 is 0 Å². The first kappa shape index (κ1) is 23.9. The van der Waals surface area contributed by atoms with Gasteiger partial charge in [-0.25, -0.2) is 0 Å². The maximum Gasteiger partial charge on any atom is 0.138 e. The van der Waals surface area contributed by atoms with E-state index >= 15 is 0 Å². The van der Waals surface area contributed by atoms with Crippen molar-refractivity contribution in [2.45, 2.75) is 0 Å². The van der Waals surface area contributed by atoms with Gasteiger partial charge in [0.25, 0.3) is 0 Å². The molecule has 2 aliphatic heterocycles. The van der Waals surface area contributed by atoms with Crippen molar-refractivity contribution in [3.63, 3.8) is 0 Å². The first-order valence-electron chi connectivity index (χ1n) is 10.1. The molecule has 0 radical (unpaired) electrons. The maximum absolute atomic E-state index is 9.56. The molecule has 166 valence electrons. The number of nitrogens with zero attached hydrogens (tertiary/aromatic N) is 2. The van der Waals surface area contributed by atoms with Crippen LogP contribution in [0.2, 0.25) is 0 Å². The Bertz CT molecular complexity index is 1410. The lowest BCUT2D eigenvalue weighted by atomic mass is 9.98. The molecular weight excluding hydrogens is 533 g/mol. The molecule has 0 saturated carbocycles. The molecule has 2 aromatic rings. The van der Waals surface area contributed by atoms with Crippen molar-refractivity contribution in [3.05, 3.63) is 98.1 Å². The number of thioether (sulfide) groups is 6. The second kappa shape index (κ2) is 10.5. The van der Waals surface area contributed by atoms with Crippen LogP contribution in [0.15, 0.2) is 81.4 Å². The van der Waals surface area contributed by atoms with Gasteiger partial charge in [-0.15, -0.1) is 23.5 Å². The van der Waals surface area contributed by atoms with Crippen LogP contribution < -0.4 is 0 Å². The first-order chi connectivity index (χ1) is 16.7. The third kappa shape index (κ3) is 4.44. The van der Waals surface area contributed by atoms with Crippen LogP contribution in [0.1, 0.15) is 16.7 Å². The molecule has 34 heavy (non-hydrogen) atoms. The normalized spacial score (nSPS) is 16.6. The fraction of sp³-hybridized carbons (Fsp3) is 0.0769. The minimum atomic E-state index is 0.156. The molecule has 0 saturated heterocycles. The maximum atomic E-state index is 9.56. The molecule has 0 spiro atoms. The van der Waals surface area contributed by atoms with E-state index in [-0.39, 0.29) is 5.57 Å². The molecular formula is C26H16N2S6. The number of nitriles is 2. The van der Waals surface area contributed by atoms with Crippen molar-refractivity contribution in [2.24, 2.45) is 0 Å². The highest BCUT2D eigenvalue weighted by Gasteiger charge is 2.27. The molecule has 0 N–H and O–H groups in total. The molecule has 0 bridgehead atoms. The summed E-state index contributed by atoms with van der Waals surface area (Å²) in [6.07, 6.45) is 8.54. The van der Waals surface area contributed by atoms with E-state index in [9.17, 15) is 10.5 Å². The van der Waals surface area contributed by atoms with Crippen LogP contribution in [0.5, 0.6) is 0 Å². The monoisotopic (exact) mass is 548 g/mol. The fourth-order valence-corrected chi connectivity index (χ4v) is 11.3. The average molecular weight is 549 g/mol. The van der Waals surface area contributed by atoms with Gasteiger partial charge >= 0.3 is 0 Å². The Balaban J connectivity index is 1.40. The molecule has 1 aliphatic carbocycles. The molecule has 3 aliphatic rings. The van der Waals surface area contributed by atoms with E-state index in [1.807, 2.05) is 83.1 Å². The van der Waals surface area contributed by atoms with E-state index in [2.05, 4.69) is 60.4 Å². The summed E-state index contributed by atoms with van der Waals surface area (Å²) in [6, 6.07) is 18.4. The van der Waals surface area contributed by atoms with Crippen LogP contribution in [0.25, 0.3) is 22.8 Å². The number of rotatable bonds is 4. The van der Waals surface area contributed by atoms with Crippen molar-refractivity contribution in [3.8, 4) is 23.3 Å². The van der Waals surface area contributed by atoms with Crippen molar-refractivity contribution in [2.75, 3.05) is 12.5 Å². The second-order valence-electron chi connectivity index (χ2n) is 7.16. The van der Waals surface area contributed by atoms with Crippen LogP contribution in [0.4, 0.5) is 0 Å². The van der Waals surface area contributed by atoms with Gasteiger partial charge in [-0.2, -0.15) is 10.5 Å². The minimum absolute atomic E-state index is 0.156. The number of allylic oxidation sites excluding steroid dienone is 2. The number of fused-ring (bicyclic) bond motifs is 3. The fourth-order valence-electron chi connectivity index (χ4n) is 3.81. The Morgan fingerprint density at radius 3 is 2.15 bits per heavy atom. The summed E-state index contributed by atoms with van der Waals surface area (Å²) in [7, 11) is 0. The number of hydrogen-bond acceptors (Lipinski definition) is 8. The molecule has 0 amide bonds. The lowest BCUT2D eigenvalue weighted by molar-refractivity contribution is 1.46. The van der Waals surface area contributed by atoms with Gasteiger partial charge in [0.15, 0.2) is 0 Å². The van der Waals surface area contributed by atoms with Crippen LogP contribution in [-0.2, 0) is 0 Å².